The van der Waals surface area contributed by atoms with E-state index < -0.39 is 5.97 Å². The average Bonchev–Trinajstić information content (AvgIpc) is 3.15. The maximum atomic E-state index is 12.7. The Hall–Kier alpha value is -3.13. The van der Waals surface area contributed by atoms with Gasteiger partial charge in [-0.1, -0.05) is 23.9 Å². The predicted octanol–water partition coefficient (Wildman–Crippen LogP) is 3.14. The number of ether oxygens (including phenoxy) is 1. The summed E-state index contributed by atoms with van der Waals surface area (Å²) in [6.45, 7) is 2.46. The van der Waals surface area contributed by atoms with E-state index in [1.54, 1.807) is 27.2 Å². The molecule has 8 heteroatoms. The van der Waals surface area contributed by atoms with Crippen LogP contribution in [0.3, 0.4) is 0 Å². The van der Waals surface area contributed by atoms with E-state index in [4.69, 9.17) is 4.74 Å². The molecule has 3 aromatic heterocycles. The van der Waals surface area contributed by atoms with Crippen molar-refractivity contribution in [2.45, 2.75) is 24.4 Å². The SMILES string of the molecule is CCn1c(SCc2cn3cccc(C(=O)OC)c3n2)nc2ccccc2c1=O. The van der Waals surface area contributed by atoms with Gasteiger partial charge in [0.1, 0.15) is 5.56 Å². The monoisotopic (exact) mass is 394 g/mol. The number of para-hydroxylation sites is 1. The van der Waals surface area contributed by atoms with E-state index in [1.165, 1.54) is 18.9 Å². The van der Waals surface area contributed by atoms with E-state index in [0.717, 1.165) is 5.69 Å². The van der Waals surface area contributed by atoms with Crippen molar-refractivity contribution in [2.24, 2.45) is 0 Å². The molecule has 4 aromatic rings. The van der Waals surface area contributed by atoms with Gasteiger partial charge in [-0.15, -0.1) is 0 Å². The Labute approximate surface area is 165 Å². The van der Waals surface area contributed by atoms with Gasteiger partial charge in [0.25, 0.3) is 5.56 Å². The molecule has 0 amide bonds. The number of carbonyl (C=O) groups excluding carboxylic acids is 1. The zero-order chi connectivity index (χ0) is 19.7. The van der Waals surface area contributed by atoms with E-state index >= 15 is 0 Å². The standard InChI is InChI=1S/C20H18N4O3S/c1-3-24-18(25)14-7-4-5-9-16(14)22-20(24)28-12-13-11-23-10-6-8-15(17(23)21-13)19(26)27-2/h4-11H,3,12H2,1-2H3. The van der Waals surface area contributed by atoms with Crippen LogP contribution in [0.2, 0.25) is 0 Å². The molecule has 0 atom stereocenters. The minimum absolute atomic E-state index is 0.0430. The lowest BCUT2D eigenvalue weighted by Gasteiger charge is -2.10. The minimum Gasteiger partial charge on any atom is -0.465 e. The number of imidazole rings is 1. The Balaban J connectivity index is 1.68. The first-order valence-corrected chi connectivity index (χ1v) is 9.78. The molecule has 142 valence electrons. The van der Waals surface area contributed by atoms with Crippen LogP contribution in [0.1, 0.15) is 23.0 Å². The van der Waals surface area contributed by atoms with Crippen molar-refractivity contribution in [1.82, 2.24) is 18.9 Å². The summed E-state index contributed by atoms with van der Waals surface area (Å²) in [4.78, 5) is 33.9. The number of rotatable bonds is 5. The molecular formula is C20H18N4O3S. The Bertz CT molecular complexity index is 1250. The Kier molecular flexibility index (Phi) is 4.87. The maximum absolute atomic E-state index is 12.7. The van der Waals surface area contributed by atoms with Crippen molar-refractivity contribution < 1.29 is 9.53 Å². The molecule has 7 nitrogen and oxygen atoms in total. The van der Waals surface area contributed by atoms with Crippen molar-refractivity contribution in [3.63, 3.8) is 0 Å². The van der Waals surface area contributed by atoms with Gasteiger partial charge in [-0.3, -0.25) is 9.36 Å². The van der Waals surface area contributed by atoms with Crippen molar-refractivity contribution >= 4 is 34.3 Å². The Morgan fingerprint density at radius 1 is 1.18 bits per heavy atom. The molecule has 1 aromatic carbocycles. The summed E-state index contributed by atoms with van der Waals surface area (Å²) in [6.07, 6.45) is 3.70. The number of benzene rings is 1. The van der Waals surface area contributed by atoms with E-state index in [9.17, 15) is 9.59 Å². The third kappa shape index (κ3) is 3.16. The van der Waals surface area contributed by atoms with Gasteiger partial charge in [-0.25, -0.2) is 14.8 Å². The van der Waals surface area contributed by atoms with Crippen molar-refractivity contribution in [3.05, 3.63) is 70.4 Å². The summed E-state index contributed by atoms with van der Waals surface area (Å²) < 4.78 is 8.29. The summed E-state index contributed by atoms with van der Waals surface area (Å²) in [5, 5.41) is 1.26. The van der Waals surface area contributed by atoms with E-state index in [-0.39, 0.29) is 5.56 Å². The summed E-state index contributed by atoms with van der Waals surface area (Å²) >= 11 is 1.45. The summed E-state index contributed by atoms with van der Waals surface area (Å²) in [5.74, 6) is 0.0963. The highest BCUT2D eigenvalue weighted by atomic mass is 32.2. The van der Waals surface area contributed by atoms with Gasteiger partial charge in [0.05, 0.1) is 23.7 Å². The van der Waals surface area contributed by atoms with Gasteiger partial charge in [0.2, 0.25) is 0 Å². The van der Waals surface area contributed by atoms with Crippen LogP contribution in [-0.4, -0.2) is 32.0 Å². The Morgan fingerprint density at radius 3 is 2.79 bits per heavy atom. The highest BCUT2D eigenvalue weighted by Crippen LogP contribution is 2.23. The number of hydrogen-bond acceptors (Lipinski definition) is 6. The number of nitrogens with zero attached hydrogens (tertiary/aromatic N) is 4. The van der Waals surface area contributed by atoms with E-state index in [2.05, 4.69) is 9.97 Å². The molecule has 0 aliphatic heterocycles. The molecule has 0 spiro atoms. The average molecular weight is 394 g/mol. The molecule has 4 rings (SSSR count). The van der Waals surface area contributed by atoms with Crippen molar-refractivity contribution in [3.8, 4) is 0 Å². The van der Waals surface area contributed by atoms with Gasteiger partial charge >= 0.3 is 5.97 Å². The van der Waals surface area contributed by atoms with Crippen LogP contribution in [0, 0.1) is 0 Å². The van der Waals surface area contributed by atoms with E-state index in [0.29, 0.717) is 39.6 Å². The summed E-state index contributed by atoms with van der Waals surface area (Å²) in [7, 11) is 1.35. The smallest absolute Gasteiger partial charge is 0.341 e. The lowest BCUT2D eigenvalue weighted by Crippen LogP contribution is -2.22. The van der Waals surface area contributed by atoms with Crippen LogP contribution in [0.25, 0.3) is 16.6 Å². The van der Waals surface area contributed by atoms with Gasteiger partial charge in [-0.2, -0.15) is 0 Å². The minimum atomic E-state index is -0.425. The molecular weight excluding hydrogens is 376 g/mol. The number of hydrogen-bond donors (Lipinski definition) is 0. The number of aromatic nitrogens is 4. The second-order valence-electron chi connectivity index (χ2n) is 6.13. The van der Waals surface area contributed by atoms with Crippen LogP contribution in [-0.2, 0) is 17.0 Å². The van der Waals surface area contributed by atoms with Crippen LogP contribution >= 0.6 is 11.8 Å². The fraction of sp³-hybridized carbons (Fsp3) is 0.200. The number of pyridine rings is 1. The van der Waals surface area contributed by atoms with Crippen LogP contribution in [0.15, 0.2) is 58.7 Å². The second kappa shape index (κ2) is 7.47. The zero-order valence-electron chi connectivity index (χ0n) is 15.5. The number of carbonyl (C=O) groups is 1. The maximum Gasteiger partial charge on any atom is 0.341 e. The highest BCUT2D eigenvalue weighted by Gasteiger charge is 2.15. The number of thioether (sulfide) groups is 1. The largest absolute Gasteiger partial charge is 0.465 e. The summed E-state index contributed by atoms with van der Waals surface area (Å²) in [6, 6.07) is 10.8. The fourth-order valence-corrected chi connectivity index (χ4v) is 4.02. The second-order valence-corrected chi connectivity index (χ2v) is 7.07. The normalized spacial score (nSPS) is 11.2. The molecule has 0 aliphatic rings. The number of esters is 1. The van der Waals surface area contributed by atoms with Gasteiger partial charge in [-0.05, 0) is 31.2 Å². The number of methoxy groups -OCH3 is 1. The predicted molar refractivity (Wildman–Crippen MR) is 108 cm³/mol. The topological polar surface area (TPSA) is 78.5 Å². The number of fused-ring (bicyclic) bond motifs is 2. The lowest BCUT2D eigenvalue weighted by molar-refractivity contribution is 0.0602. The first-order chi connectivity index (χ1) is 13.6. The first kappa shape index (κ1) is 18.2. The van der Waals surface area contributed by atoms with Crippen LogP contribution in [0.4, 0.5) is 0 Å². The fourth-order valence-electron chi connectivity index (χ4n) is 3.08. The molecule has 28 heavy (non-hydrogen) atoms. The third-order valence-corrected chi connectivity index (χ3v) is 5.44. The highest BCUT2D eigenvalue weighted by molar-refractivity contribution is 7.98. The van der Waals surface area contributed by atoms with Gasteiger partial charge in [0.15, 0.2) is 10.8 Å². The van der Waals surface area contributed by atoms with E-state index in [1.807, 2.05) is 37.5 Å². The molecule has 0 fully saturated rings. The zero-order valence-corrected chi connectivity index (χ0v) is 16.3. The molecule has 0 radical (unpaired) electrons. The van der Waals surface area contributed by atoms with Gasteiger partial charge in [0, 0.05) is 24.7 Å². The Morgan fingerprint density at radius 2 is 2.00 bits per heavy atom. The first-order valence-electron chi connectivity index (χ1n) is 8.79. The summed E-state index contributed by atoms with van der Waals surface area (Å²) in [5.41, 5.74) is 2.38. The van der Waals surface area contributed by atoms with Crippen molar-refractivity contribution in [2.75, 3.05) is 7.11 Å². The third-order valence-electron chi connectivity index (χ3n) is 4.43. The van der Waals surface area contributed by atoms with Crippen LogP contribution in [0.5, 0.6) is 0 Å². The molecule has 0 N–H and O–H groups in total. The van der Waals surface area contributed by atoms with Crippen molar-refractivity contribution in [1.29, 1.82) is 0 Å². The molecule has 3 heterocycles. The van der Waals surface area contributed by atoms with Gasteiger partial charge < -0.3 is 9.14 Å². The van der Waals surface area contributed by atoms with Crippen LogP contribution < -0.4 is 5.56 Å². The molecule has 0 saturated heterocycles. The lowest BCUT2D eigenvalue weighted by atomic mass is 10.2. The molecule has 0 unspecified atom stereocenters. The molecule has 0 saturated carbocycles. The quantitative estimate of drug-likeness (QED) is 0.294. The molecule has 0 bridgehead atoms. The molecule has 0 aliphatic carbocycles.